The Morgan fingerprint density at radius 3 is 2.29 bits per heavy atom. The third kappa shape index (κ3) is 4.63. The van der Waals surface area contributed by atoms with E-state index in [0.29, 0.717) is 49.1 Å². The van der Waals surface area contributed by atoms with Crippen LogP contribution in [0, 0.1) is 0 Å². The van der Waals surface area contributed by atoms with E-state index in [2.05, 4.69) is 14.9 Å². The summed E-state index contributed by atoms with van der Waals surface area (Å²) in [6.45, 7) is 3.00. The largest absolute Gasteiger partial charge is 0.497 e. The number of piperazine rings is 1. The second-order valence-electron chi connectivity index (χ2n) is 7.34. The van der Waals surface area contributed by atoms with Crippen molar-refractivity contribution < 1.29 is 17.9 Å². The van der Waals surface area contributed by atoms with Crippen molar-refractivity contribution in [2.45, 2.75) is 11.3 Å². The van der Waals surface area contributed by atoms with Crippen molar-refractivity contribution in [3.63, 3.8) is 0 Å². The van der Waals surface area contributed by atoms with Gasteiger partial charge in [-0.2, -0.15) is 9.29 Å². The van der Waals surface area contributed by atoms with Gasteiger partial charge in [0.1, 0.15) is 11.6 Å². The molecule has 0 spiro atoms. The Morgan fingerprint density at radius 1 is 0.903 bits per heavy atom. The average molecular weight is 443 g/mol. The highest BCUT2D eigenvalue weighted by atomic mass is 32.2. The summed E-state index contributed by atoms with van der Waals surface area (Å²) in [5, 5.41) is 0.895. The van der Waals surface area contributed by atoms with Crippen molar-refractivity contribution in [2.75, 3.05) is 46.9 Å². The first-order valence-corrected chi connectivity index (χ1v) is 11.6. The van der Waals surface area contributed by atoms with Gasteiger partial charge in [0.25, 0.3) is 0 Å². The first-order valence-electron chi connectivity index (χ1n) is 10.2. The minimum absolute atomic E-state index is 0.290. The van der Waals surface area contributed by atoms with Crippen molar-refractivity contribution in [2.24, 2.45) is 0 Å². The molecule has 1 aromatic heterocycles. The average Bonchev–Trinajstić information content (AvgIpc) is 2.82. The predicted molar refractivity (Wildman–Crippen MR) is 118 cm³/mol. The maximum absolute atomic E-state index is 12.9. The maximum atomic E-state index is 12.9. The lowest BCUT2D eigenvalue weighted by Crippen LogP contribution is -2.49. The molecule has 1 fully saturated rings. The lowest BCUT2D eigenvalue weighted by atomic mass is 10.2. The highest BCUT2D eigenvalue weighted by Crippen LogP contribution is 2.23. The van der Waals surface area contributed by atoms with Crippen molar-refractivity contribution in [3.05, 3.63) is 54.4 Å². The van der Waals surface area contributed by atoms with Gasteiger partial charge in [-0.15, -0.1) is 0 Å². The summed E-state index contributed by atoms with van der Waals surface area (Å²) >= 11 is 0. The number of sulfonamides is 1. The van der Waals surface area contributed by atoms with Crippen molar-refractivity contribution >= 4 is 20.9 Å². The van der Waals surface area contributed by atoms with Gasteiger partial charge in [0, 0.05) is 39.1 Å². The Labute approximate surface area is 182 Å². The van der Waals surface area contributed by atoms with E-state index in [0.717, 1.165) is 23.3 Å². The van der Waals surface area contributed by atoms with Gasteiger partial charge in [0.2, 0.25) is 15.9 Å². The van der Waals surface area contributed by atoms with Crippen LogP contribution >= 0.6 is 0 Å². The number of hydrogen-bond donors (Lipinski definition) is 0. The molecule has 2 heterocycles. The standard InChI is InChI=1S/C22H26N4O4S/c1-29-17-7-9-18(10-8-17)31(27,28)26-15-13-25(14-16-26)12-11-21-23-20-6-4-3-5-19(20)22(24-21)30-2/h3-10H,11-16H2,1-2H3. The van der Waals surface area contributed by atoms with Gasteiger partial charge < -0.3 is 14.4 Å². The van der Waals surface area contributed by atoms with E-state index in [1.165, 1.54) is 0 Å². The summed E-state index contributed by atoms with van der Waals surface area (Å²) in [5.41, 5.74) is 0.861. The van der Waals surface area contributed by atoms with Crippen LogP contribution in [0.2, 0.25) is 0 Å². The lowest BCUT2D eigenvalue weighted by molar-refractivity contribution is 0.189. The number of para-hydroxylation sites is 1. The molecule has 1 aliphatic heterocycles. The molecule has 0 bridgehead atoms. The van der Waals surface area contributed by atoms with E-state index in [-0.39, 0.29) is 0 Å². The second-order valence-corrected chi connectivity index (χ2v) is 9.28. The number of aromatic nitrogens is 2. The van der Waals surface area contributed by atoms with Crippen LogP contribution in [-0.4, -0.2) is 74.5 Å². The highest BCUT2D eigenvalue weighted by molar-refractivity contribution is 7.89. The molecule has 31 heavy (non-hydrogen) atoms. The van der Waals surface area contributed by atoms with Crippen LogP contribution in [-0.2, 0) is 16.4 Å². The van der Waals surface area contributed by atoms with E-state index >= 15 is 0 Å². The van der Waals surface area contributed by atoms with Crippen molar-refractivity contribution in [1.29, 1.82) is 0 Å². The summed E-state index contributed by atoms with van der Waals surface area (Å²) in [6.07, 6.45) is 0.673. The zero-order valence-electron chi connectivity index (χ0n) is 17.7. The first-order chi connectivity index (χ1) is 15.0. The fraction of sp³-hybridized carbons (Fsp3) is 0.364. The number of benzene rings is 2. The number of ether oxygens (including phenoxy) is 2. The van der Waals surface area contributed by atoms with Crippen LogP contribution in [0.15, 0.2) is 53.4 Å². The van der Waals surface area contributed by atoms with Gasteiger partial charge in [-0.25, -0.2) is 13.4 Å². The summed E-state index contributed by atoms with van der Waals surface area (Å²) in [7, 11) is -0.332. The SMILES string of the molecule is COc1ccc(S(=O)(=O)N2CCN(CCc3nc(OC)c4ccccc4n3)CC2)cc1. The molecule has 9 heteroatoms. The van der Waals surface area contributed by atoms with E-state index in [1.807, 2.05) is 24.3 Å². The number of hydrogen-bond acceptors (Lipinski definition) is 7. The molecule has 0 radical (unpaired) electrons. The van der Waals surface area contributed by atoms with Gasteiger partial charge in [-0.1, -0.05) is 12.1 Å². The first kappa shape index (κ1) is 21.5. The molecule has 0 amide bonds. The monoisotopic (exact) mass is 442 g/mol. The summed E-state index contributed by atoms with van der Waals surface area (Å²) < 4.78 is 37.9. The number of nitrogens with zero attached hydrogens (tertiary/aromatic N) is 4. The molecular formula is C22H26N4O4S. The van der Waals surface area contributed by atoms with Crippen LogP contribution in [0.4, 0.5) is 0 Å². The molecule has 0 aliphatic carbocycles. The van der Waals surface area contributed by atoms with E-state index in [1.54, 1.807) is 42.8 Å². The Morgan fingerprint density at radius 2 is 1.61 bits per heavy atom. The predicted octanol–water partition coefficient (Wildman–Crippen LogP) is 2.20. The quantitative estimate of drug-likeness (QED) is 0.555. The minimum Gasteiger partial charge on any atom is -0.497 e. The molecule has 2 aromatic carbocycles. The molecule has 4 rings (SSSR count). The van der Waals surface area contributed by atoms with Gasteiger partial charge >= 0.3 is 0 Å². The van der Waals surface area contributed by atoms with Gasteiger partial charge in [0.05, 0.1) is 30.0 Å². The molecule has 3 aromatic rings. The Balaban J connectivity index is 1.36. The Bertz CT molecular complexity index is 1140. The molecule has 0 N–H and O–H groups in total. The summed E-state index contributed by atoms with van der Waals surface area (Å²) in [6, 6.07) is 14.3. The number of methoxy groups -OCH3 is 2. The normalized spacial score (nSPS) is 15.8. The maximum Gasteiger partial charge on any atom is 0.243 e. The fourth-order valence-corrected chi connectivity index (χ4v) is 5.13. The van der Waals surface area contributed by atoms with Gasteiger partial charge in [-0.05, 0) is 36.4 Å². The molecule has 164 valence electrons. The molecule has 1 aliphatic rings. The van der Waals surface area contributed by atoms with Gasteiger partial charge in [0.15, 0.2) is 0 Å². The van der Waals surface area contributed by atoms with E-state index in [4.69, 9.17) is 9.47 Å². The molecule has 0 saturated carbocycles. The van der Waals surface area contributed by atoms with Crippen LogP contribution < -0.4 is 9.47 Å². The minimum atomic E-state index is -3.50. The van der Waals surface area contributed by atoms with Crippen LogP contribution in [0.1, 0.15) is 5.82 Å². The molecule has 0 unspecified atom stereocenters. The smallest absolute Gasteiger partial charge is 0.243 e. The molecule has 0 atom stereocenters. The van der Waals surface area contributed by atoms with E-state index in [9.17, 15) is 8.42 Å². The number of rotatable bonds is 7. The number of fused-ring (bicyclic) bond motifs is 1. The summed E-state index contributed by atoms with van der Waals surface area (Å²) in [4.78, 5) is 11.7. The fourth-order valence-electron chi connectivity index (χ4n) is 3.71. The zero-order chi connectivity index (χ0) is 21.8. The van der Waals surface area contributed by atoms with Crippen molar-refractivity contribution in [3.8, 4) is 11.6 Å². The molecular weight excluding hydrogens is 416 g/mol. The second kappa shape index (κ2) is 9.17. The van der Waals surface area contributed by atoms with Crippen molar-refractivity contribution in [1.82, 2.24) is 19.2 Å². The third-order valence-electron chi connectivity index (χ3n) is 5.49. The highest BCUT2D eigenvalue weighted by Gasteiger charge is 2.28. The lowest BCUT2D eigenvalue weighted by Gasteiger charge is -2.33. The third-order valence-corrected chi connectivity index (χ3v) is 7.40. The molecule has 1 saturated heterocycles. The van der Waals surface area contributed by atoms with Gasteiger partial charge in [-0.3, -0.25) is 0 Å². The van der Waals surface area contributed by atoms with Crippen LogP contribution in [0.3, 0.4) is 0 Å². The van der Waals surface area contributed by atoms with Crippen LogP contribution in [0.25, 0.3) is 10.9 Å². The molecule has 8 nitrogen and oxygen atoms in total. The van der Waals surface area contributed by atoms with E-state index < -0.39 is 10.0 Å². The topological polar surface area (TPSA) is 84.9 Å². The Hall–Kier alpha value is -2.75. The summed E-state index contributed by atoms with van der Waals surface area (Å²) in [5.74, 6) is 1.94. The zero-order valence-corrected chi connectivity index (χ0v) is 18.5. The Kier molecular flexibility index (Phi) is 6.35. The van der Waals surface area contributed by atoms with Crippen LogP contribution in [0.5, 0.6) is 11.6 Å².